The number of rotatable bonds is 3. The Kier molecular flexibility index (Phi) is 3.93. The number of hydrogen-bond donors (Lipinski definition) is 1. The third-order valence-electron chi connectivity index (χ3n) is 3.17. The lowest BCUT2D eigenvalue weighted by Gasteiger charge is -2.30. The molecule has 3 unspecified atom stereocenters. The average Bonchev–Trinajstić information content (AvgIpc) is 2.61. The fourth-order valence-electron chi connectivity index (χ4n) is 2.41. The highest BCUT2D eigenvalue weighted by atomic mass is 32.2. The van der Waals surface area contributed by atoms with Crippen molar-refractivity contribution in [2.45, 2.75) is 38.1 Å². The summed E-state index contributed by atoms with van der Waals surface area (Å²) in [5, 5.41) is 0. The molecule has 2 heterocycles. The molecule has 0 aromatic carbocycles. The molecule has 0 amide bonds. The van der Waals surface area contributed by atoms with Gasteiger partial charge in [0.2, 0.25) is 0 Å². The molecule has 4 heteroatoms. The highest BCUT2D eigenvalue weighted by Gasteiger charge is 2.38. The van der Waals surface area contributed by atoms with E-state index in [0.717, 1.165) is 12.3 Å². The number of ether oxygens (including phenoxy) is 2. The second-order valence-electron chi connectivity index (χ2n) is 4.71. The van der Waals surface area contributed by atoms with Crippen LogP contribution in [0.25, 0.3) is 0 Å². The van der Waals surface area contributed by atoms with Crippen LogP contribution in [0, 0.1) is 5.92 Å². The Morgan fingerprint density at radius 3 is 3.00 bits per heavy atom. The summed E-state index contributed by atoms with van der Waals surface area (Å²) in [6, 6.07) is 0. The van der Waals surface area contributed by atoms with E-state index in [9.17, 15) is 0 Å². The molecule has 2 rings (SSSR count). The standard InChI is InChI=1S/C11H21NO2S/c1-11(13-7-10(6-12)14-11)5-9-3-2-4-15-8-9/h9-10H,2-8,12H2,1H3. The minimum atomic E-state index is -0.368. The van der Waals surface area contributed by atoms with E-state index in [2.05, 4.69) is 18.7 Å². The molecule has 0 aromatic rings. The summed E-state index contributed by atoms with van der Waals surface area (Å²) < 4.78 is 11.6. The van der Waals surface area contributed by atoms with E-state index in [4.69, 9.17) is 15.2 Å². The van der Waals surface area contributed by atoms with Crippen LogP contribution in [0.3, 0.4) is 0 Å². The Morgan fingerprint density at radius 1 is 1.53 bits per heavy atom. The van der Waals surface area contributed by atoms with E-state index in [1.54, 1.807) is 0 Å². The number of hydrogen-bond acceptors (Lipinski definition) is 4. The van der Waals surface area contributed by atoms with Crippen LogP contribution in [0.2, 0.25) is 0 Å². The van der Waals surface area contributed by atoms with Gasteiger partial charge in [0.1, 0.15) is 0 Å². The van der Waals surface area contributed by atoms with Crippen LogP contribution in [0.5, 0.6) is 0 Å². The molecule has 3 atom stereocenters. The van der Waals surface area contributed by atoms with E-state index in [0.29, 0.717) is 13.2 Å². The molecule has 88 valence electrons. The molecule has 0 saturated carbocycles. The van der Waals surface area contributed by atoms with Gasteiger partial charge in [-0.2, -0.15) is 11.8 Å². The maximum Gasteiger partial charge on any atom is 0.166 e. The fraction of sp³-hybridized carbons (Fsp3) is 1.00. The predicted octanol–water partition coefficient (Wildman–Crippen LogP) is 1.61. The quantitative estimate of drug-likeness (QED) is 0.801. The average molecular weight is 231 g/mol. The first kappa shape index (κ1) is 11.7. The first-order chi connectivity index (χ1) is 7.22. The summed E-state index contributed by atoms with van der Waals surface area (Å²) in [5.41, 5.74) is 5.58. The van der Waals surface area contributed by atoms with E-state index in [1.807, 2.05) is 0 Å². The van der Waals surface area contributed by atoms with Gasteiger partial charge in [-0.3, -0.25) is 0 Å². The summed E-state index contributed by atoms with van der Waals surface area (Å²) in [5.74, 6) is 2.97. The van der Waals surface area contributed by atoms with E-state index >= 15 is 0 Å². The topological polar surface area (TPSA) is 44.5 Å². The Labute approximate surface area is 96.1 Å². The molecule has 15 heavy (non-hydrogen) atoms. The molecular formula is C11H21NO2S. The molecule has 0 spiro atoms. The first-order valence-electron chi connectivity index (χ1n) is 5.81. The summed E-state index contributed by atoms with van der Waals surface area (Å²) in [6.45, 7) is 3.28. The molecule has 0 radical (unpaired) electrons. The van der Waals surface area contributed by atoms with Crippen molar-refractivity contribution in [1.29, 1.82) is 0 Å². The van der Waals surface area contributed by atoms with Crippen LogP contribution < -0.4 is 5.73 Å². The SMILES string of the molecule is CC1(CC2CCCSC2)OCC(CN)O1. The zero-order valence-corrected chi connectivity index (χ0v) is 10.2. The van der Waals surface area contributed by atoms with Crippen molar-refractivity contribution in [3.05, 3.63) is 0 Å². The third kappa shape index (κ3) is 3.09. The van der Waals surface area contributed by atoms with Gasteiger partial charge in [-0.05, 0) is 37.2 Å². The van der Waals surface area contributed by atoms with E-state index in [1.165, 1.54) is 24.3 Å². The van der Waals surface area contributed by atoms with Gasteiger partial charge in [0.15, 0.2) is 5.79 Å². The van der Waals surface area contributed by atoms with Crippen molar-refractivity contribution < 1.29 is 9.47 Å². The van der Waals surface area contributed by atoms with Crippen molar-refractivity contribution in [3.8, 4) is 0 Å². The lowest BCUT2D eigenvalue weighted by Crippen LogP contribution is -2.32. The summed E-state index contributed by atoms with van der Waals surface area (Å²) in [6.07, 6.45) is 3.79. The van der Waals surface area contributed by atoms with Crippen LogP contribution >= 0.6 is 11.8 Å². The maximum absolute atomic E-state index is 5.84. The molecule has 2 fully saturated rings. The van der Waals surface area contributed by atoms with Crippen molar-refractivity contribution in [2.24, 2.45) is 11.7 Å². The van der Waals surface area contributed by atoms with Crippen molar-refractivity contribution >= 4 is 11.8 Å². The first-order valence-corrected chi connectivity index (χ1v) is 6.97. The van der Waals surface area contributed by atoms with Crippen molar-refractivity contribution in [1.82, 2.24) is 0 Å². The number of thioether (sulfide) groups is 1. The number of nitrogens with two attached hydrogens (primary N) is 1. The van der Waals surface area contributed by atoms with E-state index < -0.39 is 0 Å². The highest BCUT2D eigenvalue weighted by molar-refractivity contribution is 7.99. The second kappa shape index (κ2) is 5.04. The largest absolute Gasteiger partial charge is 0.347 e. The van der Waals surface area contributed by atoms with Crippen LogP contribution in [0.4, 0.5) is 0 Å². The molecule has 3 nitrogen and oxygen atoms in total. The molecule has 0 aliphatic carbocycles. The van der Waals surface area contributed by atoms with Gasteiger partial charge < -0.3 is 15.2 Å². The van der Waals surface area contributed by atoms with Crippen molar-refractivity contribution in [3.63, 3.8) is 0 Å². The second-order valence-corrected chi connectivity index (χ2v) is 5.86. The lowest BCUT2D eigenvalue weighted by molar-refractivity contribution is -0.164. The van der Waals surface area contributed by atoms with Crippen LogP contribution in [-0.4, -0.2) is 36.5 Å². The molecule has 2 saturated heterocycles. The highest BCUT2D eigenvalue weighted by Crippen LogP contribution is 2.34. The Hall–Kier alpha value is 0.230. The Balaban J connectivity index is 1.82. The molecular weight excluding hydrogens is 210 g/mol. The zero-order chi connectivity index (χ0) is 10.7. The van der Waals surface area contributed by atoms with Crippen LogP contribution in [0.15, 0.2) is 0 Å². The lowest BCUT2D eigenvalue weighted by atomic mass is 9.97. The Bertz CT molecular complexity index is 209. The molecule has 0 bridgehead atoms. The van der Waals surface area contributed by atoms with Crippen molar-refractivity contribution in [2.75, 3.05) is 24.7 Å². The maximum atomic E-state index is 5.84. The van der Waals surface area contributed by atoms with Crippen LogP contribution in [0.1, 0.15) is 26.2 Å². The molecule has 0 aromatic heterocycles. The van der Waals surface area contributed by atoms with E-state index in [-0.39, 0.29) is 11.9 Å². The third-order valence-corrected chi connectivity index (χ3v) is 4.45. The van der Waals surface area contributed by atoms with Gasteiger partial charge in [0, 0.05) is 13.0 Å². The van der Waals surface area contributed by atoms with Gasteiger partial charge in [-0.1, -0.05) is 0 Å². The summed E-state index contributed by atoms with van der Waals surface area (Å²) in [4.78, 5) is 0. The monoisotopic (exact) mass is 231 g/mol. The van der Waals surface area contributed by atoms with Gasteiger partial charge in [0.05, 0.1) is 12.7 Å². The molecule has 2 aliphatic heterocycles. The Morgan fingerprint density at radius 2 is 2.40 bits per heavy atom. The minimum Gasteiger partial charge on any atom is -0.347 e. The predicted molar refractivity (Wildman–Crippen MR) is 63.0 cm³/mol. The van der Waals surface area contributed by atoms with Gasteiger partial charge >= 0.3 is 0 Å². The minimum absolute atomic E-state index is 0.103. The van der Waals surface area contributed by atoms with Gasteiger partial charge in [-0.15, -0.1) is 0 Å². The normalized spacial score (nSPS) is 42.0. The fourth-order valence-corrected chi connectivity index (χ4v) is 3.56. The van der Waals surface area contributed by atoms with Crippen LogP contribution in [-0.2, 0) is 9.47 Å². The molecule has 2 N–H and O–H groups in total. The zero-order valence-electron chi connectivity index (χ0n) is 9.41. The smallest absolute Gasteiger partial charge is 0.166 e. The van der Waals surface area contributed by atoms with Gasteiger partial charge in [-0.25, -0.2) is 0 Å². The summed E-state index contributed by atoms with van der Waals surface area (Å²) >= 11 is 2.06. The summed E-state index contributed by atoms with van der Waals surface area (Å²) in [7, 11) is 0. The molecule has 2 aliphatic rings. The van der Waals surface area contributed by atoms with Gasteiger partial charge in [0.25, 0.3) is 0 Å².